The molecule has 0 bridgehead atoms. The molecule has 8 heteroatoms. The number of methoxy groups -OCH3 is 1. The van der Waals surface area contributed by atoms with Crippen LogP contribution in [0.15, 0.2) is 24.3 Å². The van der Waals surface area contributed by atoms with Gasteiger partial charge in [-0.15, -0.1) is 5.10 Å². The molecule has 8 nitrogen and oxygen atoms in total. The zero-order valence-electron chi connectivity index (χ0n) is 20.5. The van der Waals surface area contributed by atoms with Gasteiger partial charge < -0.3 is 15.4 Å². The van der Waals surface area contributed by atoms with Gasteiger partial charge in [0.2, 0.25) is 11.8 Å². The van der Waals surface area contributed by atoms with Crippen LogP contribution >= 0.6 is 0 Å². The van der Waals surface area contributed by atoms with Crippen molar-refractivity contribution in [2.45, 2.75) is 59.4 Å². The summed E-state index contributed by atoms with van der Waals surface area (Å²) in [6.45, 7) is 9.96. The van der Waals surface area contributed by atoms with Crippen molar-refractivity contribution in [1.82, 2.24) is 20.1 Å². The fraction of sp³-hybridized carbons (Fsp3) is 0.440. The highest BCUT2D eigenvalue weighted by Crippen LogP contribution is 2.30. The van der Waals surface area contributed by atoms with E-state index in [-0.39, 0.29) is 17.4 Å². The number of amides is 2. The Balaban J connectivity index is 1.66. The third-order valence-corrected chi connectivity index (χ3v) is 6.08. The second kappa shape index (κ2) is 9.60. The minimum absolute atomic E-state index is 0.101. The smallest absolute Gasteiger partial charge is 0.251 e. The molecule has 2 aromatic heterocycles. The fourth-order valence-corrected chi connectivity index (χ4v) is 3.74. The molecule has 2 heterocycles. The van der Waals surface area contributed by atoms with E-state index >= 15 is 0 Å². The molecule has 3 aromatic rings. The Bertz CT molecular complexity index is 1180. The molecule has 1 aromatic carbocycles. The van der Waals surface area contributed by atoms with E-state index in [1.807, 2.05) is 41.7 Å². The Morgan fingerprint density at radius 1 is 1.15 bits per heavy atom. The summed E-state index contributed by atoms with van der Waals surface area (Å²) in [6, 6.07) is 6.93. The monoisotopic (exact) mass is 451 g/mol. The minimum atomic E-state index is -0.266. The number of hydrogen-bond acceptors (Lipinski definition) is 5. The molecule has 0 aliphatic carbocycles. The fourth-order valence-electron chi connectivity index (χ4n) is 3.74. The lowest BCUT2D eigenvalue weighted by Gasteiger charge is -2.24. The van der Waals surface area contributed by atoms with Crippen LogP contribution < -0.4 is 15.4 Å². The van der Waals surface area contributed by atoms with Crippen molar-refractivity contribution >= 4 is 28.5 Å². The van der Waals surface area contributed by atoms with Gasteiger partial charge in [-0.2, -0.15) is 0 Å². The van der Waals surface area contributed by atoms with Gasteiger partial charge in [0.1, 0.15) is 0 Å². The molecule has 0 fully saturated rings. The number of benzene rings is 1. The average molecular weight is 452 g/mol. The van der Waals surface area contributed by atoms with Gasteiger partial charge in [-0.05, 0) is 75.9 Å². The second-order valence-electron chi connectivity index (χ2n) is 8.95. The molecule has 33 heavy (non-hydrogen) atoms. The first-order valence-electron chi connectivity index (χ1n) is 11.2. The zero-order chi connectivity index (χ0) is 24.3. The lowest BCUT2D eigenvalue weighted by molar-refractivity contribution is -0.116. The molecule has 176 valence electrons. The second-order valence-corrected chi connectivity index (χ2v) is 8.95. The Morgan fingerprint density at radius 2 is 1.82 bits per heavy atom. The van der Waals surface area contributed by atoms with Crippen molar-refractivity contribution in [1.29, 1.82) is 0 Å². The summed E-state index contributed by atoms with van der Waals surface area (Å²) in [5, 5.41) is 11.2. The molecular formula is C25H33N5O3. The van der Waals surface area contributed by atoms with Crippen LogP contribution in [0.5, 0.6) is 5.88 Å². The summed E-state index contributed by atoms with van der Waals surface area (Å²) in [4.78, 5) is 29.7. The van der Waals surface area contributed by atoms with Crippen molar-refractivity contribution in [3.05, 3.63) is 46.6 Å². The van der Waals surface area contributed by atoms with Gasteiger partial charge in [-0.3, -0.25) is 9.59 Å². The van der Waals surface area contributed by atoms with Gasteiger partial charge in [-0.25, -0.2) is 9.67 Å². The van der Waals surface area contributed by atoms with Crippen molar-refractivity contribution in [2.75, 3.05) is 12.4 Å². The van der Waals surface area contributed by atoms with Crippen LogP contribution in [0.2, 0.25) is 0 Å². The summed E-state index contributed by atoms with van der Waals surface area (Å²) in [5.74, 6) is 0.311. The number of anilines is 1. The van der Waals surface area contributed by atoms with Crippen molar-refractivity contribution in [3.63, 3.8) is 0 Å². The summed E-state index contributed by atoms with van der Waals surface area (Å²) in [5.41, 5.74) is 4.64. The highest BCUT2D eigenvalue weighted by molar-refractivity contribution is 5.96. The van der Waals surface area contributed by atoms with Crippen molar-refractivity contribution < 1.29 is 14.3 Å². The third-order valence-electron chi connectivity index (χ3n) is 6.08. The maximum absolute atomic E-state index is 12.6. The number of aromatic nitrogens is 3. The van der Waals surface area contributed by atoms with Crippen LogP contribution in [-0.2, 0) is 18.3 Å². The van der Waals surface area contributed by atoms with Crippen LogP contribution in [-0.4, -0.2) is 39.2 Å². The molecule has 2 amide bonds. The zero-order valence-corrected chi connectivity index (χ0v) is 20.5. The Morgan fingerprint density at radius 3 is 2.42 bits per heavy atom. The lowest BCUT2D eigenvalue weighted by Crippen LogP contribution is -2.42. The first-order chi connectivity index (χ1) is 15.6. The predicted octanol–water partition coefficient (Wildman–Crippen LogP) is 4.08. The molecule has 2 N–H and O–H groups in total. The van der Waals surface area contributed by atoms with Gasteiger partial charge in [-0.1, -0.05) is 6.92 Å². The summed E-state index contributed by atoms with van der Waals surface area (Å²) < 4.78 is 7.11. The van der Waals surface area contributed by atoms with E-state index in [1.165, 1.54) is 0 Å². The molecular weight excluding hydrogens is 418 g/mol. The molecule has 0 unspecified atom stereocenters. The van der Waals surface area contributed by atoms with Gasteiger partial charge in [0.05, 0.1) is 12.5 Å². The first-order valence-corrected chi connectivity index (χ1v) is 11.2. The quantitative estimate of drug-likeness (QED) is 0.538. The largest absolute Gasteiger partial charge is 0.479 e. The number of carbonyl (C=O) groups is 2. The standard InChI is InChI=1S/C25H33N5O3/c1-8-25(4,5)28-23(32)17-9-11-18(12-10-17)27-20(31)14-13-19-15(2)21-22(26-16(19)3)30(6)29-24(21)33-7/h9-12H,8,13-14H2,1-7H3,(H,27,31)(H,28,32). The van der Waals surface area contributed by atoms with Gasteiger partial charge >= 0.3 is 0 Å². The summed E-state index contributed by atoms with van der Waals surface area (Å²) in [7, 11) is 3.43. The number of nitrogens with zero attached hydrogens (tertiary/aromatic N) is 3. The maximum Gasteiger partial charge on any atom is 0.251 e. The van der Waals surface area contributed by atoms with Crippen molar-refractivity contribution in [2.24, 2.45) is 7.05 Å². The molecule has 0 saturated heterocycles. The third kappa shape index (κ3) is 5.32. The average Bonchev–Trinajstić information content (AvgIpc) is 3.09. The number of pyridine rings is 1. The highest BCUT2D eigenvalue weighted by Gasteiger charge is 2.20. The number of ether oxygens (including phenoxy) is 1. The number of hydrogen-bond donors (Lipinski definition) is 2. The molecule has 0 radical (unpaired) electrons. The normalized spacial score (nSPS) is 11.5. The molecule has 0 aliphatic rings. The number of carbonyl (C=O) groups excluding carboxylic acids is 2. The molecule has 0 atom stereocenters. The lowest BCUT2D eigenvalue weighted by atomic mass is 10.00. The van der Waals surface area contributed by atoms with Crippen LogP contribution in [0.4, 0.5) is 5.69 Å². The number of aryl methyl sites for hydroxylation is 3. The van der Waals surface area contributed by atoms with Crippen LogP contribution in [0.3, 0.4) is 0 Å². The van der Waals surface area contributed by atoms with E-state index in [0.29, 0.717) is 30.0 Å². The maximum atomic E-state index is 12.6. The molecule has 0 saturated carbocycles. The van der Waals surface area contributed by atoms with E-state index in [2.05, 4.69) is 20.7 Å². The van der Waals surface area contributed by atoms with E-state index in [0.717, 1.165) is 34.3 Å². The Hall–Kier alpha value is -3.42. The predicted molar refractivity (Wildman–Crippen MR) is 130 cm³/mol. The Labute approximate surface area is 194 Å². The van der Waals surface area contributed by atoms with Crippen LogP contribution in [0.1, 0.15) is 60.8 Å². The summed E-state index contributed by atoms with van der Waals surface area (Å²) >= 11 is 0. The topological polar surface area (TPSA) is 98.1 Å². The van der Waals surface area contributed by atoms with E-state index in [9.17, 15) is 9.59 Å². The molecule has 0 spiro atoms. The Kier molecular flexibility index (Phi) is 7.05. The number of nitrogens with one attached hydrogen (secondary N) is 2. The highest BCUT2D eigenvalue weighted by atomic mass is 16.5. The summed E-state index contributed by atoms with van der Waals surface area (Å²) in [6.07, 6.45) is 1.70. The van der Waals surface area contributed by atoms with Crippen LogP contribution in [0.25, 0.3) is 11.0 Å². The van der Waals surface area contributed by atoms with E-state index in [4.69, 9.17) is 4.74 Å². The SMILES string of the molecule is CCC(C)(C)NC(=O)c1ccc(NC(=O)CCc2c(C)nc3c(c(OC)nn3C)c2C)cc1. The first kappa shape index (κ1) is 24.2. The van der Waals surface area contributed by atoms with Gasteiger partial charge in [0, 0.05) is 36.0 Å². The van der Waals surface area contributed by atoms with Gasteiger partial charge in [0.15, 0.2) is 5.65 Å². The minimum Gasteiger partial charge on any atom is -0.479 e. The van der Waals surface area contributed by atoms with E-state index < -0.39 is 0 Å². The van der Waals surface area contributed by atoms with Crippen molar-refractivity contribution in [3.8, 4) is 5.88 Å². The molecule has 0 aliphatic heterocycles. The number of rotatable bonds is 8. The van der Waals surface area contributed by atoms with Crippen LogP contribution in [0, 0.1) is 13.8 Å². The molecule has 3 rings (SSSR count). The van der Waals surface area contributed by atoms with Gasteiger partial charge in [0.25, 0.3) is 5.91 Å². The number of fused-ring (bicyclic) bond motifs is 1. The van der Waals surface area contributed by atoms with E-state index in [1.54, 1.807) is 36.1 Å².